The first-order valence-electron chi connectivity index (χ1n) is 16.7. The zero-order valence-corrected chi connectivity index (χ0v) is 29.6. The summed E-state index contributed by atoms with van der Waals surface area (Å²) >= 11 is 0. The van der Waals surface area contributed by atoms with E-state index in [0.29, 0.717) is 0 Å². The molecule has 0 aliphatic heterocycles. The topological polar surface area (TPSA) is 3.24 Å². The zero-order chi connectivity index (χ0) is 32.6. The molecule has 1 nitrogen and oxygen atoms in total. The van der Waals surface area contributed by atoms with Crippen LogP contribution in [0.4, 0.5) is 0 Å². The second-order valence-corrected chi connectivity index (χ2v) is 17.0. The van der Waals surface area contributed by atoms with Crippen molar-refractivity contribution >= 4 is 40.2 Å². The number of hydrogen-bond acceptors (Lipinski definition) is 1. The Balaban J connectivity index is 1.55. The van der Waals surface area contributed by atoms with Gasteiger partial charge in [0.25, 0.3) is 0 Å². The molecular weight excluding hydrogens is 573 g/mol. The van der Waals surface area contributed by atoms with Crippen molar-refractivity contribution in [2.45, 2.75) is 78.3 Å². The van der Waals surface area contributed by atoms with Gasteiger partial charge in [-0.2, -0.15) is 0 Å². The average molecular weight is 622 g/mol. The van der Waals surface area contributed by atoms with Gasteiger partial charge in [-0.1, -0.05) is 163 Å². The molecule has 46 heavy (non-hydrogen) atoms. The molecule has 0 N–H and O–H groups in total. The van der Waals surface area contributed by atoms with Crippen LogP contribution in [0.1, 0.15) is 89.7 Å². The molecule has 0 saturated carbocycles. The van der Waals surface area contributed by atoms with Gasteiger partial charge in [-0.05, 0) is 91.2 Å². The molecule has 2 heteroatoms. The molecular formula is C44H48NP. The van der Waals surface area contributed by atoms with Crippen LogP contribution in [0.15, 0.2) is 133 Å². The highest BCUT2D eigenvalue weighted by molar-refractivity contribution is 7.70. The first-order chi connectivity index (χ1) is 21.9. The molecule has 2 atom stereocenters. The summed E-state index contributed by atoms with van der Waals surface area (Å²) in [6.45, 7) is 18.6. The monoisotopic (exact) mass is 621 g/mol. The van der Waals surface area contributed by atoms with Crippen molar-refractivity contribution in [3.63, 3.8) is 0 Å². The molecule has 0 radical (unpaired) electrons. The lowest BCUT2D eigenvalue weighted by molar-refractivity contribution is 0.303. The van der Waals surface area contributed by atoms with Crippen LogP contribution in [0.5, 0.6) is 0 Å². The quantitative estimate of drug-likeness (QED) is 0.160. The summed E-state index contributed by atoms with van der Waals surface area (Å²) in [7, 11) is -0.890. The van der Waals surface area contributed by atoms with E-state index >= 15 is 0 Å². The van der Waals surface area contributed by atoms with Crippen molar-refractivity contribution in [1.82, 2.24) is 4.67 Å². The van der Waals surface area contributed by atoms with Gasteiger partial charge in [0.15, 0.2) is 0 Å². The van der Waals surface area contributed by atoms with Crippen LogP contribution < -0.4 is 10.6 Å². The highest BCUT2D eigenvalue weighted by atomic mass is 31.1. The Labute approximate surface area is 278 Å². The number of benzene rings is 6. The Kier molecular flexibility index (Phi) is 8.95. The van der Waals surface area contributed by atoms with Crippen molar-refractivity contribution in [1.29, 1.82) is 0 Å². The maximum atomic E-state index is 2.81. The first-order valence-corrected chi connectivity index (χ1v) is 18.0. The molecule has 0 bridgehead atoms. The van der Waals surface area contributed by atoms with Crippen molar-refractivity contribution in [3.8, 4) is 0 Å². The molecule has 0 heterocycles. The van der Waals surface area contributed by atoms with E-state index in [9.17, 15) is 0 Å². The third-order valence-electron chi connectivity index (χ3n) is 9.49. The largest absolute Gasteiger partial charge is 0.261 e. The van der Waals surface area contributed by atoms with Gasteiger partial charge in [-0.15, -0.1) is 0 Å². The summed E-state index contributed by atoms with van der Waals surface area (Å²) in [5.74, 6) is 0. The minimum absolute atomic E-state index is 0.103. The van der Waals surface area contributed by atoms with E-state index in [2.05, 4.69) is 194 Å². The highest BCUT2D eigenvalue weighted by Crippen LogP contribution is 2.51. The van der Waals surface area contributed by atoms with Crippen molar-refractivity contribution in [2.75, 3.05) is 0 Å². The Hall–Kier alpha value is -3.77. The van der Waals surface area contributed by atoms with E-state index in [-0.39, 0.29) is 22.9 Å². The van der Waals surface area contributed by atoms with Gasteiger partial charge in [0.1, 0.15) is 0 Å². The maximum absolute atomic E-state index is 2.81. The van der Waals surface area contributed by atoms with Gasteiger partial charge >= 0.3 is 0 Å². The Morgan fingerprint density at radius 1 is 0.435 bits per heavy atom. The zero-order valence-electron chi connectivity index (χ0n) is 28.8. The average Bonchev–Trinajstić information content (AvgIpc) is 3.05. The highest BCUT2D eigenvalue weighted by Gasteiger charge is 2.33. The first kappa shape index (κ1) is 32.2. The summed E-state index contributed by atoms with van der Waals surface area (Å²) in [6.07, 6.45) is 0. The van der Waals surface area contributed by atoms with Gasteiger partial charge < -0.3 is 0 Å². The van der Waals surface area contributed by atoms with Crippen molar-refractivity contribution in [3.05, 3.63) is 156 Å². The fraction of sp³-hybridized carbons (Fsp3) is 0.273. The van der Waals surface area contributed by atoms with Crippen LogP contribution in [0.3, 0.4) is 0 Å². The van der Waals surface area contributed by atoms with Crippen LogP contribution in [-0.4, -0.2) is 4.67 Å². The molecule has 0 spiro atoms. The number of nitrogens with zero attached hydrogens (tertiary/aromatic N) is 1. The molecule has 6 aromatic carbocycles. The lowest BCUT2D eigenvalue weighted by Crippen LogP contribution is -2.33. The molecule has 0 saturated heterocycles. The normalized spacial score (nSPS) is 13.9. The van der Waals surface area contributed by atoms with Gasteiger partial charge in [0, 0.05) is 20.2 Å². The molecule has 0 unspecified atom stereocenters. The molecule has 0 aromatic heterocycles. The summed E-state index contributed by atoms with van der Waals surface area (Å²) in [5.41, 5.74) is 5.63. The van der Waals surface area contributed by atoms with E-state index in [1.165, 1.54) is 54.4 Å². The maximum Gasteiger partial charge on any atom is 0.0369 e. The fourth-order valence-electron chi connectivity index (χ4n) is 6.54. The van der Waals surface area contributed by atoms with Crippen molar-refractivity contribution in [2.24, 2.45) is 0 Å². The second kappa shape index (κ2) is 12.8. The molecule has 234 valence electrons. The van der Waals surface area contributed by atoms with Gasteiger partial charge in [-0.25, -0.2) is 0 Å². The summed E-state index contributed by atoms with van der Waals surface area (Å²) in [4.78, 5) is 0. The minimum atomic E-state index is -0.890. The van der Waals surface area contributed by atoms with E-state index in [0.717, 1.165) is 0 Å². The number of rotatable bonds is 7. The van der Waals surface area contributed by atoms with Gasteiger partial charge in [-0.3, -0.25) is 4.67 Å². The lowest BCUT2D eigenvalue weighted by Gasteiger charge is -2.42. The van der Waals surface area contributed by atoms with Crippen LogP contribution in [0.2, 0.25) is 0 Å². The Morgan fingerprint density at radius 2 is 0.783 bits per heavy atom. The Morgan fingerprint density at radius 3 is 1.13 bits per heavy atom. The third kappa shape index (κ3) is 6.69. The van der Waals surface area contributed by atoms with Crippen LogP contribution in [0.25, 0.3) is 21.5 Å². The summed E-state index contributed by atoms with van der Waals surface area (Å²) in [5, 5.41) is 7.91. The van der Waals surface area contributed by atoms with E-state index in [1.54, 1.807) is 0 Å². The van der Waals surface area contributed by atoms with Crippen LogP contribution >= 0.6 is 8.07 Å². The lowest BCUT2D eigenvalue weighted by atomic mass is 9.87. The van der Waals surface area contributed by atoms with Crippen LogP contribution in [-0.2, 0) is 10.8 Å². The molecule has 0 amide bonds. The van der Waals surface area contributed by atoms with E-state index in [1.807, 2.05) is 0 Å². The third-order valence-corrected chi connectivity index (χ3v) is 12.2. The van der Waals surface area contributed by atoms with Crippen LogP contribution in [0, 0.1) is 0 Å². The molecule has 6 aromatic rings. The van der Waals surface area contributed by atoms with E-state index in [4.69, 9.17) is 0 Å². The number of fused-ring (bicyclic) bond motifs is 2. The summed E-state index contributed by atoms with van der Waals surface area (Å²) < 4.78 is 2.81. The second-order valence-electron chi connectivity index (χ2n) is 14.9. The van der Waals surface area contributed by atoms with E-state index < -0.39 is 8.07 Å². The predicted molar refractivity (Wildman–Crippen MR) is 203 cm³/mol. The standard InChI is InChI=1S/C44H48NP/c1-31(35-19-17-33-13-9-11-15-37(33)29-35)45(32(2)36-20-18-34-14-10-12-16-38(34)30-36)46(41-25-21-39(22-26-41)43(3,4)5)42-27-23-40(24-28-42)44(6,7)8/h9-32H,1-8H3/t31-,32-/m0/s1. The van der Waals surface area contributed by atoms with Gasteiger partial charge in [0.2, 0.25) is 0 Å². The van der Waals surface area contributed by atoms with Gasteiger partial charge in [0.05, 0.1) is 0 Å². The Bertz CT molecular complexity index is 1800. The SMILES string of the molecule is C[C@@H](c1ccc2ccccc2c1)N([C@@H](C)c1ccc2ccccc2c1)P(c1ccc(C(C)(C)C)cc1)c1ccc(C(C)(C)C)cc1. The summed E-state index contributed by atoms with van der Waals surface area (Å²) in [6, 6.07) is 50.9. The minimum Gasteiger partial charge on any atom is -0.261 e. The number of hydrogen-bond donors (Lipinski definition) is 0. The molecule has 6 rings (SSSR count). The van der Waals surface area contributed by atoms with Crippen molar-refractivity contribution < 1.29 is 0 Å². The molecule has 0 aliphatic carbocycles. The molecule has 0 fully saturated rings. The smallest absolute Gasteiger partial charge is 0.0369 e. The fourth-order valence-corrected chi connectivity index (χ4v) is 9.20. The molecule has 0 aliphatic rings. The predicted octanol–water partition coefficient (Wildman–Crippen LogP) is 11.8.